The molecule has 1 saturated carbocycles. The van der Waals surface area contributed by atoms with Gasteiger partial charge in [-0.3, -0.25) is 0 Å². The second-order valence-electron chi connectivity index (χ2n) is 5.67. The number of nitrogens with zero attached hydrogens (tertiary/aromatic N) is 3. The van der Waals surface area contributed by atoms with Crippen LogP contribution in [0.4, 0.5) is 0 Å². The highest BCUT2D eigenvalue weighted by Crippen LogP contribution is 2.28. The van der Waals surface area contributed by atoms with Gasteiger partial charge in [-0.25, -0.2) is 13.4 Å². The standard InChI is InChI=1S/C14H22ClN3O2S/c1-17(2)9-10-18(12-5-3-4-6-12)21(19,20)13-7-8-16-14(15)11-13/h7-8,11-12H,3-6,9-10H2,1-2H3. The first-order valence-electron chi connectivity index (χ1n) is 7.19. The van der Waals surface area contributed by atoms with Crippen LogP contribution in [0.15, 0.2) is 23.2 Å². The fourth-order valence-electron chi connectivity index (χ4n) is 2.67. The van der Waals surface area contributed by atoms with E-state index in [1.807, 2.05) is 19.0 Å². The van der Waals surface area contributed by atoms with E-state index in [9.17, 15) is 8.42 Å². The third kappa shape index (κ3) is 4.16. The van der Waals surface area contributed by atoms with Gasteiger partial charge >= 0.3 is 0 Å². The van der Waals surface area contributed by atoms with Crippen molar-refractivity contribution in [2.45, 2.75) is 36.6 Å². The summed E-state index contributed by atoms with van der Waals surface area (Å²) in [5.74, 6) is 0. The van der Waals surface area contributed by atoms with Crippen molar-refractivity contribution in [1.29, 1.82) is 0 Å². The highest BCUT2D eigenvalue weighted by atomic mass is 35.5. The molecule has 1 fully saturated rings. The summed E-state index contributed by atoms with van der Waals surface area (Å²) in [7, 11) is 0.374. The smallest absolute Gasteiger partial charge is 0.243 e. The molecule has 0 radical (unpaired) electrons. The first-order chi connectivity index (χ1) is 9.91. The number of halogens is 1. The lowest BCUT2D eigenvalue weighted by Crippen LogP contribution is -2.42. The third-order valence-electron chi connectivity index (χ3n) is 3.80. The van der Waals surface area contributed by atoms with Crippen molar-refractivity contribution in [3.63, 3.8) is 0 Å². The number of pyridine rings is 1. The SMILES string of the molecule is CN(C)CCN(C1CCCC1)S(=O)(=O)c1ccnc(Cl)c1. The van der Waals surface area contributed by atoms with E-state index < -0.39 is 10.0 Å². The van der Waals surface area contributed by atoms with Crippen molar-refractivity contribution < 1.29 is 8.42 Å². The molecule has 5 nitrogen and oxygen atoms in total. The minimum Gasteiger partial charge on any atom is -0.308 e. The molecule has 1 aromatic rings. The summed E-state index contributed by atoms with van der Waals surface area (Å²) in [5, 5.41) is 0.204. The largest absolute Gasteiger partial charge is 0.308 e. The number of rotatable bonds is 6. The third-order valence-corrected chi connectivity index (χ3v) is 5.96. The highest BCUT2D eigenvalue weighted by molar-refractivity contribution is 7.89. The second-order valence-corrected chi connectivity index (χ2v) is 7.95. The highest BCUT2D eigenvalue weighted by Gasteiger charge is 2.33. The van der Waals surface area contributed by atoms with Gasteiger partial charge in [-0.05, 0) is 39.1 Å². The maximum atomic E-state index is 12.9. The monoisotopic (exact) mass is 331 g/mol. The van der Waals surface area contributed by atoms with Crippen LogP contribution < -0.4 is 0 Å². The summed E-state index contributed by atoms with van der Waals surface area (Å²) >= 11 is 5.84. The van der Waals surface area contributed by atoms with Crippen LogP contribution >= 0.6 is 11.6 Å². The molecule has 1 heterocycles. The Kier molecular flexibility index (Phi) is 5.60. The maximum Gasteiger partial charge on any atom is 0.243 e. The summed E-state index contributed by atoms with van der Waals surface area (Å²) < 4.78 is 27.5. The van der Waals surface area contributed by atoms with Crippen molar-refractivity contribution in [3.05, 3.63) is 23.5 Å². The van der Waals surface area contributed by atoms with Crippen LogP contribution in [-0.2, 0) is 10.0 Å². The molecule has 0 amide bonds. The average Bonchev–Trinajstić information content (AvgIpc) is 2.92. The maximum absolute atomic E-state index is 12.9. The van der Waals surface area contributed by atoms with Crippen LogP contribution in [0.25, 0.3) is 0 Å². The van der Waals surface area contributed by atoms with E-state index in [2.05, 4.69) is 4.98 Å². The number of likely N-dealkylation sites (N-methyl/N-ethyl adjacent to an activating group) is 1. The van der Waals surface area contributed by atoms with E-state index >= 15 is 0 Å². The zero-order valence-corrected chi connectivity index (χ0v) is 14.1. The van der Waals surface area contributed by atoms with E-state index in [0.717, 1.165) is 25.7 Å². The Morgan fingerprint density at radius 3 is 2.52 bits per heavy atom. The zero-order valence-electron chi connectivity index (χ0n) is 12.5. The number of sulfonamides is 1. The summed E-state index contributed by atoms with van der Waals surface area (Å²) in [4.78, 5) is 6.09. The van der Waals surface area contributed by atoms with E-state index in [1.54, 1.807) is 4.31 Å². The normalized spacial score (nSPS) is 17.0. The Labute approximate surface area is 132 Å². The lowest BCUT2D eigenvalue weighted by atomic mass is 10.2. The average molecular weight is 332 g/mol. The Morgan fingerprint density at radius 1 is 1.29 bits per heavy atom. The fourth-order valence-corrected chi connectivity index (χ4v) is 4.60. The Morgan fingerprint density at radius 2 is 1.95 bits per heavy atom. The lowest BCUT2D eigenvalue weighted by molar-refractivity contribution is 0.282. The molecule has 0 aromatic carbocycles. The molecule has 0 aliphatic heterocycles. The molecule has 1 aliphatic rings. The van der Waals surface area contributed by atoms with E-state index in [1.165, 1.54) is 18.3 Å². The Balaban J connectivity index is 2.29. The van der Waals surface area contributed by atoms with Crippen LogP contribution in [0.3, 0.4) is 0 Å². The van der Waals surface area contributed by atoms with Crippen LogP contribution in [0, 0.1) is 0 Å². The molecule has 0 bridgehead atoms. The molecular weight excluding hydrogens is 310 g/mol. The van der Waals surface area contributed by atoms with Crippen LogP contribution in [0.1, 0.15) is 25.7 Å². The van der Waals surface area contributed by atoms with Crippen molar-refractivity contribution in [2.75, 3.05) is 27.2 Å². The van der Waals surface area contributed by atoms with E-state index in [4.69, 9.17) is 11.6 Å². The van der Waals surface area contributed by atoms with Crippen molar-refractivity contribution in [2.24, 2.45) is 0 Å². The summed E-state index contributed by atoms with van der Waals surface area (Å²) in [6, 6.07) is 3.04. The Hall–Kier alpha value is -0.690. The molecule has 1 aliphatic carbocycles. The van der Waals surface area contributed by atoms with E-state index in [0.29, 0.717) is 13.1 Å². The van der Waals surface area contributed by atoms with Gasteiger partial charge in [0.05, 0.1) is 4.90 Å². The molecule has 1 aromatic heterocycles. The molecule has 7 heteroatoms. The predicted molar refractivity (Wildman–Crippen MR) is 83.9 cm³/mol. The van der Waals surface area contributed by atoms with Crippen molar-refractivity contribution in [1.82, 2.24) is 14.2 Å². The van der Waals surface area contributed by atoms with Gasteiger partial charge in [0.25, 0.3) is 0 Å². The minimum atomic E-state index is -3.52. The molecular formula is C14H22ClN3O2S. The molecule has 118 valence electrons. The molecule has 0 spiro atoms. The molecule has 2 rings (SSSR count). The molecule has 0 saturated heterocycles. The van der Waals surface area contributed by atoms with Crippen molar-refractivity contribution >= 4 is 21.6 Å². The summed E-state index contributed by atoms with van der Waals surface area (Å²) in [6.07, 6.45) is 5.50. The zero-order chi connectivity index (χ0) is 15.5. The number of aromatic nitrogens is 1. The van der Waals surface area contributed by atoms with E-state index in [-0.39, 0.29) is 16.1 Å². The molecule has 0 unspecified atom stereocenters. The van der Waals surface area contributed by atoms with Gasteiger partial charge in [-0.1, -0.05) is 24.4 Å². The fraction of sp³-hybridized carbons (Fsp3) is 0.643. The number of hydrogen-bond donors (Lipinski definition) is 0. The van der Waals surface area contributed by atoms with Crippen LogP contribution in [-0.4, -0.2) is 55.8 Å². The quantitative estimate of drug-likeness (QED) is 0.750. The van der Waals surface area contributed by atoms with Gasteiger partial charge in [0.15, 0.2) is 0 Å². The number of hydrogen-bond acceptors (Lipinski definition) is 4. The minimum absolute atomic E-state index is 0.0990. The molecule has 0 atom stereocenters. The van der Waals surface area contributed by atoms with Gasteiger partial charge < -0.3 is 4.90 Å². The molecule has 21 heavy (non-hydrogen) atoms. The van der Waals surface area contributed by atoms with Crippen LogP contribution in [0.5, 0.6) is 0 Å². The van der Waals surface area contributed by atoms with Gasteiger partial charge in [-0.15, -0.1) is 0 Å². The van der Waals surface area contributed by atoms with Crippen LogP contribution in [0.2, 0.25) is 5.15 Å². The predicted octanol–water partition coefficient (Wildman–Crippen LogP) is 2.23. The first-order valence-corrected chi connectivity index (χ1v) is 9.01. The van der Waals surface area contributed by atoms with Gasteiger partial charge in [-0.2, -0.15) is 4.31 Å². The van der Waals surface area contributed by atoms with Gasteiger partial charge in [0.1, 0.15) is 5.15 Å². The summed E-state index contributed by atoms with van der Waals surface area (Å²) in [6.45, 7) is 1.20. The lowest BCUT2D eigenvalue weighted by Gasteiger charge is -2.29. The van der Waals surface area contributed by atoms with Gasteiger partial charge in [0, 0.05) is 25.3 Å². The second kappa shape index (κ2) is 7.05. The Bertz CT molecular complexity index is 571. The van der Waals surface area contributed by atoms with Crippen molar-refractivity contribution in [3.8, 4) is 0 Å². The summed E-state index contributed by atoms with van der Waals surface area (Å²) in [5.41, 5.74) is 0. The van der Waals surface area contributed by atoms with Gasteiger partial charge in [0.2, 0.25) is 10.0 Å². The topological polar surface area (TPSA) is 53.5 Å². The first kappa shape index (κ1) is 16.7. The molecule has 0 N–H and O–H groups in total.